The summed E-state index contributed by atoms with van der Waals surface area (Å²) in [5.41, 5.74) is 0.836. The van der Waals surface area contributed by atoms with Crippen LogP contribution in [0, 0.1) is 0 Å². The Morgan fingerprint density at radius 3 is 2.88 bits per heavy atom. The fourth-order valence-electron chi connectivity index (χ4n) is 2.25. The van der Waals surface area contributed by atoms with E-state index in [0.29, 0.717) is 28.1 Å². The van der Waals surface area contributed by atoms with Crippen LogP contribution in [0.1, 0.15) is 24.3 Å². The number of benzene rings is 1. The summed E-state index contributed by atoms with van der Waals surface area (Å²) in [5.74, 6) is -0.0123. The summed E-state index contributed by atoms with van der Waals surface area (Å²) in [6.07, 6.45) is 1.59. The lowest BCUT2D eigenvalue weighted by Gasteiger charge is -2.12. The summed E-state index contributed by atoms with van der Waals surface area (Å²) < 4.78 is 16.5. The number of cyclic esters (lactones) is 1. The highest BCUT2D eigenvalue weighted by molar-refractivity contribution is 9.10. The first-order valence-electron chi connectivity index (χ1n) is 7.69. The lowest BCUT2D eigenvalue weighted by molar-refractivity contribution is -0.132. The van der Waals surface area contributed by atoms with Crippen molar-refractivity contribution in [1.82, 2.24) is 0 Å². The molecular weight excluding hydrogens is 422 g/mol. The highest BCUT2D eigenvalue weighted by Crippen LogP contribution is 2.38. The van der Waals surface area contributed by atoms with Crippen molar-refractivity contribution in [1.29, 1.82) is 0 Å². The Morgan fingerprint density at radius 2 is 2.23 bits per heavy atom. The van der Waals surface area contributed by atoms with Crippen molar-refractivity contribution < 1.29 is 23.8 Å². The number of rotatable bonds is 5. The molecule has 0 saturated carbocycles. The molecule has 3 rings (SSSR count). The lowest BCUT2D eigenvalue weighted by atomic mass is 10.1. The van der Waals surface area contributed by atoms with Crippen LogP contribution in [0.25, 0.3) is 6.08 Å². The molecular formula is C18H14BrNO5S. The Hall–Kier alpha value is -2.45. The van der Waals surface area contributed by atoms with Crippen molar-refractivity contribution in [2.45, 2.75) is 13.8 Å². The molecule has 0 unspecified atom stereocenters. The zero-order valence-electron chi connectivity index (χ0n) is 13.9. The minimum Gasteiger partial charge on any atom is -0.490 e. The third-order valence-corrected chi connectivity index (χ3v) is 4.68. The Bertz CT molecular complexity index is 918. The molecule has 8 heteroatoms. The van der Waals surface area contributed by atoms with Gasteiger partial charge >= 0.3 is 11.9 Å². The Kier molecular flexibility index (Phi) is 5.53. The zero-order valence-corrected chi connectivity index (χ0v) is 16.3. The van der Waals surface area contributed by atoms with Crippen molar-refractivity contribution in [3.63, 3.8) is 0 Å². The van der Waals surface area contributed by atoms with E-state index in [9.17, 15) is 9.59 Å². The molecule has 1 aromatic carbocycles. The van der Waals surface area contributed by atoms with Crippen molar-refractivity contribution in [2.24, 2.45) is 4.99 Å². The molecule has 0 saturated heterocycles. The third kappa shape index (κ3) is 4.03. The average Bonchev–Trinajstić information content (AvgIpc) is 3.21. The number of carbonyl (C=O) groups is 2. The van der Waals surface area contributed by atoms with Crippen molar-refractivity contribution in [2.75, 3.05) is 6.61 Å². The number of aliphatic imine (C=N–C) groups is 1. The zero-order chi connectivity index (χ0) is 18.7. The predicted octanol–water partition coefficient (Wildman–Crippen LogP) is 4.18. The predicted molar refractivity (Wildman–Crippen MR) is 102 cm³/mol. The van der Waals surface area contributed by atoms with Gasteiger partial charge in [0, 0.05) is 6.92 Å². The average molecular weight is 436 g/mol. The second kappa shape index (κ2) is 7.84. The fraction of sp³-hybridized carbons (Fsp3) is 0.167. The largest absolute Gasteiger partial charge is 0.490 e. The Morgan fingerprint density at radius 1 is 1.42 bits per heavy atom. The number of nitrogens with zero attached hydrogens (tertiary/aromatic N) is 1. The number of hydrogen-bond donors (Lipinski definition) is 0. The minimum atomic E-state index is -0.522. The van der Waals surface area contributed by atoms with Crippen LogP contribution in [0.2, 0.25) is 0 Å². The smallest absolute Gasteiger partial charge is 0.363 e. The van der Waals surface area contributed by atoms with Gasteiger partial charge in [0.15, 0.2) is 17.2 Å². The second-order valence-electron chi connectivity index (χ2n) is 5.17. The van der Waals surface area contributed by atoms with E-state index in [0.717, 1.165) is 4.88 Å². The highest BCUT2D eigenvalue weighted by Gasteiger charge is 2.25. The van der Waals surface area contributed by atoms with Gasteiger partial charge in [0.2, 0.25) is 5.90 Å². The van der Waals surface area contributed by atoms with Crippen LogP contribution in [0.5, 0.6) is 11.5 Å². The molecule has 2 aromatic rings. The number of ether oxygens (including phenoxy) is 3. The number of hydrogen-bond acceptors (Lipinski definition) is 7. The summed E-state index contributed by atoms with van der Waals surface area (Å²) >= 11 is 4.81. The summed E-state index contributed by atoms with van der Waals surface area (Å²) in [4.78, 5) is 28.4. The summed E-state index contributed by atoms with van der Waals surface area (Å²) in [5, 5.41) is 1.88. The van der Waals surface area contributed by atoms with Gasteiger partial charge < -0.3 is 14.2 Å². The first kappa shape index (κ1) is 18.3. The van der Waals surface area contributed by atoms with Crippen LogP contribution < -0.4 is 9.47 Å². The molecule has 0 aliphatic carbocycles. The van der Waals surface area contributed by atoms with E-state index in [1.165, 1.54) is 18.3 Å². The van der Waals surface area contributed by atoms with E-state index in [-0.39, 0.29) is 11.6 Å². The molecule has 0 amide bonds. The molecule has 1 aliphatic heterocycles. The quantitative estimate of drug-likeness (QED) is 0.400. The molecule has 6 nitrogen and oxygen atoms in total. The van der Waals surface area contributed by atoms with Gasteiger partial charge in [-0.25, -0.2) is 9.79 Å². The van der Waals surface area contributed by atoms with Gasteiger partial charge in [-0.3, -0.25) is 4.79 Å². The first-order valence-corrected chi connectivity index (χ1v) is 9.36. The molecule has 134 valence electrons. The molecule has 0 fully saturated rings. The second-order valence-corrected chi connectivity index (χ2v) is 6.97. The van der Waals surface area contributed by atoms with Gasteiger partial charge in [0.1, 0.15) is 0 Å². The van der Waals surface area contributed by atoms with Crippen molar-refractivity contribution in [3.05, 3.63) is 50.3 Å². The normalized spacial score (nSPS) is 15.0. The van der Waals surface area contributed by atoms with E-state index in [1.807, 2.05) is 24.4 Å². The van der Waals surface area contributed by atoms with E-state index in [1.54, 1.807) is 18.2 Å². The molecule has 1 aliphatic rings. The van der Waals surface area contributed by atoms with E-state index in [2.05, 4.69) is 20.9 Å². The maximum atomic E-state index is 12.1. The fourth-order valence-corrected chi connectivity index (χ4v) is 3.44. The number of esters is 2. The molecule has 26 heavy (non-hydrogen) atoms. The summed E-state index contributed by atoms with van der Waals surface area (Å²) in [6, 6.07) is 7.07. The maximum absolute atomic E-state index is 12.1. The van der Waals surface area contributed by atoms with E-state index in [4.69, 9.17) is 14.2 Å². The number of thiophene rings is 1. The highest BCUT2D eigenvalue weighted by atomic mass is 79.9. The Labute approximate surface area is 162 Å². The van der Waals surface area contributed by atoms with E-state index >= 15 is 0 Å². The van der Waals surface area contributed by atoms with Gasteiger partial charge in [-0.1, -0.05) is 6.07 Å². The standard InChI is InChI=1S/C18H14BrNO5S/c1-3-23-14-9-11(7-12(19)16(14)24-10(2)21)8-13-18(22)25-17(20-13)15-5-4-6-26-15/h4-9H,3H2,1-2H3/b13-8-. The van der Waals surface area contributed by atoms with Crippen LogP contribution in [0.4, 0.5) is 0 Å². The molecule has 0 atom stereocenters. The van der Waals surface area contributed by atoms with Crippen LogP contribution >= 0.6 is 27.3 Å². The molecule has 0 spiro atoms. The van der Waals surface area contributed by atoms with Crippen molar-refractivity contribution >= 4 is 51.2 Å². The number of halogens is 1. The summed E-state index contributed by atoms with van der Waals surface area (Å²) in [7, 11) is 0. The van der Waals surface area contributed by atoms with Gasteiger partial charge in [-0.2, -0.15) is 0 Å². The first-order chi connectivity index (χ1) is 12.5. The summed E-state index contributed by atoms with van der Waals surface area (Å²) in [6.45, 7) is 3.53. The SMILES string of the molecule is CCOc1cc(/C=C2\N=C(c3cccs3)OC2=O)cc(Br)c1OC(C)=O. The molecule has 0 bridgehead atoms. The Balaban J connectivity index is 1.97. The van der Waals surface area contributed by atoms with Gasteiger partial charge in [-0.05, 0) is 58.1 Å². The van der Waals surface area contributed by atoms with Crippen LogP contribution in [0.15, 0.2) is 44.8 Å². The van der Waals surface area contributed by atoms with E-state index < -0.39 is 11.9 Å². The molecule has 2 heterocycles. The van der Waals surface area contributed by atoms with Crippen LogP contribution in [-0.4, -0.2) is 24.4 Å². The molecule has 0 radical (unpaired) electrons. The topological polar surface area (TPSA) is 74.2 Å². The molecule has 1 aromatic heterocycles. The van der Waals surface area contributed by atoms with Crippen LogP contribution in [-0.2, 0) is 14.3 Å². The minimum absolute atomic E-state index is 0.183. The monoisotopic (exact) mass is 435 g/mol. The lowest BCUT2D eigenvalue weighted by Crippen LogP contribution is -2.05. The maximum Gasteiger partial charge on any atom is 0.363 e. The van der Waals surface area contributed by atoms with Gasteiger partial charge in [-0.15, -0.1) is 11.3 Å². The number of carbonyl (C=O) groups excluding carboxylic acids is 2. The van der Waals surface area contributed by atoms with Crippen molar-refractivity contribution in [3.8, 4) is 11.5 Å². The molecule has 0 N–H and O–H groups in total. The third-order valence-electron chi connectivity index (χ3n) is 3.23. The van der Waals surface area contributed by atoms with Crippen LogP contribution in [0.3, 0.4) is 0 Å². The van der Waals surface area contributed by atoms with Gasteiger partial charge in [0.25, 0.3) is 0 Å². The van der Waals surface area contributed by atoms with Gasteiger partial charge in [0.05, 0.1) is 16.0 Å².